The Hall–Kier alpha value is -0.800. The summed E-state index contributed by atoms with van der Waals surface area (Å²) in [6, 6.07) is 4.27. The van der Waals surface area contributed by atoms with Gasteiger partial charge in [-0.05, 0) is 38.4 Å². The van der Waals surface area contributed by atoms with Gasteiger partial charge in [0, 0.05) is 38.7 Å². The molecule has 0 unspecified atom stereocenters. The highest BCUT2D eigenvalue weighted by Gasteiger charge is 1.97. The number of nitrogens with one attached hydrogen (secondary N) is 1. The number of methoxy groups -OCH3 is 1. The zero-order valence-electron chi connectivity index (χ0n) is 9.83. The smallest absolute Gasteiger partial charge is 0.0462 e. The topological polar surface area (TPSA) is 26.2 Å². The Kier molecular flexibility index (Phi) is 6.12. The van der Waals surface area contributed by atoms with E-state index in [1.165, 1.54) is 12.1 Å². The van der Waals surface area contributed by atoms with Crippen molar-refractivity contribution in [3.8, 4) is 0 Å². The van der Waals surface area contributed by atoms with Gasteiger partial charge >= 0.3 is 0 Å². The molecule has 0 bridgehead atoms. The van der Waals surface area contributed by atoms with Gasteiger partial charge in [-0.15, -0.1) is 0 Å². The summed E-state index contributed by atoms with van der Waals surface area (Å²) in [5.41, 5.74) is 1.37. The fourth-order valence-corrected chi connectivity index (χ4v) is 1.63. The molecule has 86 valence electrons. The Morgan fingerprint density at radius 2 is 2.27 bits per heavy atom. The van der Waals surface area contributed by atoms with Crippen molar-refractivity contribution in [2.45, 2.75) is 32.9 Å². The van der Waals surface area contributed by atoms with Gasteiger partial charge in [0.25, 0.3) is 0 Å². The molecule has 15 heavy (non-hydrogen) atoms. The second-order valence-corrected chi connectivity index (χ2v) is 3.66. The summed E-state index contributed by atoms with van der Waals surface area (Å²) in [6.45, 7) is 6.12. The van der Waals surface area contributed by atoms with Crippen LogP contribution in [0.5, 0.6) is 0 Å². The molecule has 0 saturated carbocycles. The van der Waals surface area contributed by atoms with E-state index in [-0.39, 0.29) is 0 Å². The maximum Gasteiger partial charge on any atom is 0.0462 e. The van der Waals surface area contributed by atoms with Crippen molar-refractivity contribution in [2.24, 2.45) is 0 Å². The van der Waals surface area contributed by atoms with Crippen LogP contribution in [0.1, 0.15) is 25.5 Å². The molecular weight excluding hydrogens is 188 g/mol. The monoisotopic (exact) mass is 210 g/mol. The van der Waals surface area contributed by atoms with Crippen LogP contribution < -0.4 is 5.32 Å². The number of nitrogens with zero attached hydrogens (tertiary/aromatic N) is 1. The molecule has 0 aliphatic heterocycles. The van der Waals surface area contributed by atoms with Gasteiger partial charge in [-0.3, -0.25) is 0 Å². The van der Waals surface area contributed by atoms with Gasteiger partial charge in [-0.2, -0.15) is 0 Å². The second-order valence-electron chi connectivity index (χ2n) is 3.66. The third-order valence-electron chi connectivity index (χ3n) is 2.52. The van der Waals surface area contributed by atoms with E-state index < -0.39 is 0 Å². The molecule has 0 aliphatic rings. The van der Waals surface area contributed by atoms with Crippen molar-refractivity contribution >= 4 is 0 Å². The third-order valence-corrected chi connectivity index (χ3v) is 2.52. The fraction of sp³-hybridized carbons (Fsp3) is 0.667. The third kappa shape index (κ3) is 4.49. The summed E-state index contributed by atoms with van der Waals surface area (Å²) >= 11 is 0. The maximum absolute atomic E-state index is 5.00. The van der Waals surface area contributed by atoms with Gasteiger partial charge in [-0.25, -0.2) is 0 Å². The van der Waals surface area contributed by atoms with Crippen LogP contribution in [-0.2, 0) is 17.8 Å². The van der Waals surface area contributed by atoms with Crippen LogP contribution in [0.25, 0.3) is 0 Å². The molecule has 0 radical (unpaired) electrons. The lowest BCUT2D eigenvalue weighted by molar-refractivity contribution is 0.192. The van der Waals surface area contributed by atoms with Crippen molar-refractivity contribution in [2.75, 3.05) is 20.3 Å². The summed E-state index contributed by atoms with van der Waals surface area (Å²) in [6.07, 6.45) is 4.45. The zero-order valence-corrected chi connectivity index (χ0v) is 9.83. The first-order valence-corrected chi connectivity index (χ1v) is 5.72. The molecule has 1 N–H and O–H groups in total. The maximum atomic E-state index is 5.00. The van der Waals surface area contributed by atoms with Crippen molar-refractivity contribution in [1.82, 2.24) is 9.88 Å². The summed E-state index contributed by atoms with van der Waals surface area (Å²) in [7, 11) is 1.75. The van der Waals surface area contributed by atoms with Gasteiger partial charge in [0.1, 0.15) is 0 Å². The van der Waals surface area contributed by atoms with Gasteiger partial charge in [-0.1, -0.05) is 0 Å². The Morgan fingerprint density at radius 3 is 3.00 bits per heavy atom. The standard InChI is InChI=1S/C12H22N2O/c1-3-14-9-6-7-12(14)11-13-8-4-5-10-15-2/h6-7,9,13H,3-5,8,10-11H2,1-2H3. The van der Waals surface area contributed by atoms with E-state index >= 15 is 0 Å². The van der Waals surface area contributed by atoms with Crippen LogP contribution in [-0.4, -0.2) is 24.8 Å². The van der Waals surface area contributed by atoms with Crippen molar-refractivity contribution in [3.05, 3.63) is 24.0 Å². The molecule has 0 aliphatic carbocycles. The van der Waals surface area contributed by atoms with Gasteiger partial charge < -0.3 is 14.6 Å². The van der Waals surface area contributed by atoms with Gasteiger partial charge in [0.15, 0.2) is 0 Å². The number of rotatable bonds is 8. The van der Waals surface area contributed by atoms with Crippen LogP contribution in [0.15, 0.2) is 18.3 Å². The highest BCUT2D eigenvalue weighted by molar-refractivity contribution is 5.06. The van der Waals surface area contributed by atoms with E-state index in [1.54, 1.807) is 7.11 Å². The average Bonchev–Trinajstić information content (AvgIpc) is 2.70. The zero-order chi connectivity index (χ0) is 10.9. The van der Waals surface area contributed by atoms with Crippen LogP contribution >= 0.6 is 0 Å². The predicted octanol–water partition coefficient (Wildman–Crippen LogP) is 2.02. The lowest BCUT2D eigenvalue weighted by atomic mass is 10.3. The van der Waals surface area contributed by atoms with E-state index in [1.807, 2.05) is 0 Å². The van der Waals surface area contributed by atoms with Crippen molar-refractivity contribution in [3.63, 3.8) is 0 Å². The van der Waals surface area contributed by atoms with Gasteiger partial charge in [0.2, 0.25) is 0 Å². The van der Waals surface area contributed by atoms with Crippen molar-refractivity contribution in [1.29, 1.82) is 0 Å². The molecule has 0 fully saturated rings. The Morgan fingerprint density at radius 1 is 1.40 bits per heavy atom. The van der Waals surface area contributed by atoms with Crippen LogP contribution in [0.3, 0.4) is 0 Å². The van der Waals surface area contributed by atoms with Crippen molar-refractivity contribution < 1.29 is 4.74 Å². The molecule has 1 aromatic rings. The molecule has 0 saturated heterocycles. The number of aromatic nitrogens is 1. The van der Waals surface area contributed by atoms with Gasteiger partial charge in [0.05, 0.1) is 0 Å². The van der Waals surface area contributed by atoms with E-state index in [9.17, 15) is 0 Å². The fourth-order valence-electron chi connectivity index (χ4n) is 1.63. The van der Waals surface area contributed by atoms with E-state index in [0.717, 1.165) is 32.7 Å². The number of ether oxygens (including phenoxy) is 1. The second kappa shape index (κ2) is 7.49. The van der Waals surface area contributed by atoms with E-state index in [0.29, 0.717) is 0 Å². The number of hydrogen-bond donors (Lipinski definition) is 1. The minimum atomic E-state index is 0.868. The minimum Gasteiger partial charge on any atom is -0.385 e. The molecular formula is C12H22N2O. The highest BCUT2D eigenvalue weighted by Crippen LogP contribution is 2.01. The van der Waals surface area contributed by atoms with E-state index in [2.05, 4.69) is 35.1 Å². The number of aryl methyl sites for hydroxylation is 1. The summed E-state index contributed by atoms with van der Waals surface area (Å²) in [5.74, 6) is 0. The average molecular weight is 210 g/mol. The Balaban J connectivity index is 2.09. The summed E-state index contributed by atoms with van der Waals surface area (Å²) < 4.78 is 7.26. The first-order valence-electron chi connectivity index (χ1n) is 5.72. The minimum absolute atomic E-state index is 0.868. The first kappa shape index (κ1) is 12.3. The Bertz CT molecular complexity index is 258. The summed E-state index contributed by atoms with van der Waals surface area (Å²) in [4.78, 5) is 0. The number of hydrogen-bond acceptors (Lipinski definition) is 2. The van der Waals surface area contributed by atoms with E-state index in [4.69, 9.17) is 4.74 Å². The first-order chi connectivity index (χ1) is 7.38. The van der Waals surface area contributed by atoms with Crippen LogP contribution in [0.4, 0.5) is 0 Å². The quantitative estimate of drug-likeness (QED) is 0.664. The molecule has 0 spiro atoms. The molecule has 0 aromatic carbocycles. The van der Waals surface area contributed by atoms with Crippen LogP contribution in [0, 0.1) is 0 Å². The number of unbranched alkanes of at least 4 members (excludes halogenated alkanes) is 1. The largest absolute Gasteiger partial charge is 0.385 e. The predicted molar refractivity (Wildman–Crippen MR) is 62.9 cm³/mol. The normalized spacial score (nSPS) is 10.8. The molecule has 3 nitrogen and oxygen atoms in total. The SMILES string of the molecule is CCn1cccc1CNCCCCOC. The molecule has 1 aromatic heterocycles. The lowest BCUT2D eigenvalue weighted by Gasteiger charge is -2.07. The molecule has 3 heteroatoms. The lowest BCUT2D eigenvalue weighted by Crippen LogP contribution is -2.17. The Labute approximate surface area is 92.4 Å². The highest BCUT2D eigenvalue weighted by atomic mass is 16.5. The molecule has 0 atom stereocenters. The summed E-state index contributed by atoms with van der Waals surface area (Å²) in [5, 5.41) is 3.45. The molecule has 0 amide bonds. The van der Waals surface area contributed by atoms with Crippen LogP contribution in [0.2, 0.25) is 0 Å². The molecule has 1 heterocycles. The molecule has 1 rings (SSSR count).